The maximum Gasteiger partial charge on any atom is 0.246 e. The van der Waals surface area contributed by atoms with Gasteiger partial charge in [-0.15, -0.1) is 0 Å². The van der Waals surface area contributed by atoms with Crippen molar-refractivity contribution in [2.24, 2.45) is 16.6 Å². The molecule has 13 heavy (non-hydrogen) atoms. The van der Waals surface area contributed by atoms with Crippen LogP contribution in [0, 0.1) is 5.92 Å². The molecule has 1 unspecified atom stereocenters. The minimum absolute atomic E-state index is 0.0139. The van der Waals surface area contributed by atoms with E-state index in [4.69, 9.17) is 5.73 Å². The minimum atomic E-state index is -0.416. The molecule has 1 saturated heterocycles. The van der Waals surface area contributed by atoms with Crippen LogP contribution in [0.15, 0.2) is 28.5 Å². The number of nitrogens with zero attached hydrogens (tertiary/aromatic N) is 1. The van der Waals surface area contributed by atoms with Gasteiger partial charge in [-0.05, 0) is 6.08 Å². The van der Waals surface area contributed by atoms with Crippen LogP contribution in [0.3, 0.4) is 0 Å². The van der Waals surface area contributed by atoms with Crippen molar-refractivity contribution < 1.29 is 4.79 Å². The number of amides is 1. The van der Waals surface area contributed by atoms with Gasteiger partial charge in [0, 0.05) is 36.1 Å². The van der Waals surface area contributed by atoms with Crippen molar-refractivity contribution in [1.29, 1.82) is 0 Å². The molecule has 0 aliphatic carbocycles. The van der Waals surface area contributed by atoms with Crippen LogP contribution in [0.25, 0.3) is 0 Å². The molecule has 0 radical (unpaired) electrons. The Hall–Kier alpha value is -1.62. The molecule has 2 rings (SSSR count). The van der Waals surface area contributed by atoms with Gasteiger partial charge >= 0.3 is 0 Å². The van der Waals surface area contributed by atoms with Gasteiger partial charge in [0.15, 0.2) is 0 Å². The number of carbonyl (C=O) groups excluding carboxylic acids is 1. The van der Waals surface area contributed by atoms with Crippen LogP contribution in [0.2, 0.25) is 0 Å². The Kier molecular flexibility index (Phi) is 1.86. The molecule has 2 aliphatic rings. The highest BCUT2D eigenvalue weighted by Crippen LogP contribution is 2.22. The molecular formula is C8H10N4O. The van der Waals surface area contributed by atoms with Crippen molar-refractivity contribution in [3.63, 3.8) is 0 Å². The van der Waals surface area contributed by atoms with Crippen molar-refractivity contribution in [2.75, 3.05) is 6.54 Å². The van der Waals surface area contributed by atoms with Gasteiger partial charge in [0.05, 0.1) is 0 Å². The standard InChI is InChI=1S/C8H10N4O/c9-8(13)6-3-10-2-1-7-5(6)4-11-12-7/h1-3,5,11-12H,4H2,(H2,9,13). The van der Waals surface area contributed by atoms with E-state index in [9.17, 15) is 4.79 Å². The van der Waals surface area contributed by atoms with Crippen LogP contribution < -0.4 is 16.6 Å². The van der Waals surface area contributed by atoms with Gasteiger partial charge < -0.3 is 11.2 Å². The highest BCUT2D eigenvalue weighted by Gasteiger charge is 2.27. The zero-order valence-corrected chi connectivity index (χ0v) is 6.95. The van der Waals surface area contributed by atoms with E-state index in [1.54, 1.807) is 6.21 Å². The van der Waals surface area contributed by atoms with Gasteiger partial charge in [0.1, 0.15) is 0 Å². The molecule has 5 nitrogen and oxygen atoms in total. The van der Waals surface area contributed by atoms with Crippen LogP contribution in [-0.2, 0) is 4.79 Å². The van der Waals surface area contributed by atoms with Crippen molar-refractivity contribution in [3.05, 3.63) is 23.5 Å². The number of primary amides is 1. The summed E-state index contributed by atoms with van der Waals surface area (Å²) in [4.78, 5) is 15.0. The summed E-state index contributed by atoms with van der Waals surface area (Å²) in [5.41, 5.74) is 12.6. The number of nitrogens with two attached hydrogens (primary N) is 1. The third-order valence-corrected chi connectivity index (χ3v) is 2.13. The van der Waals surface area contributed by atoms with E-state index >= 15 is 0 Å². The number of allylic oxidation sites excluding steroid dienone is 1. The van der Waals surface area contributed by atoms with E-state index in [0.29, 0.717) is 12.1 Å². The number of rotatable bonds is 1. The van der Waals surface area contributed by atoms with Gasteiger partial charge in [-0.1, -0.05) is 0 Å². The first kappa shape index (κ1) is 8.00. The third-order valence-electron chi connectivity index (χ3n) is 2.13. The molecule has 2 heterocycles. The quantitative estimate of drug-likeness (QED) is 0.484. The van der Waals surface area contributed by atoms with Gasteiger partial charge in [0.25, 0.3) is 0 Å². The lowest BCUT2D eigenvalue weighted by molar-refractivity contribution is -0.114. The van der Waals surface area contributed by atoms with E-state index in [0.717, 1.165) is 5.70 Å². The molecule has 68 valence electrons. The predicted octanol–water partition coefficient (Wildman–Crippen LogP) is -0.952. The van der Waals surface area contributed by atoms with Crippen LogP contribution in [0.1, 0.15) is 0 Å². The Balaban J connectivity index is 2.37. The summed E-state index contributed by atoms with van der Waals surface area (Å²) < 4.78 is 0. The fourth-order valence-corrected chi connectivity index (χ4v) is 1.46. The fraction of sp³-hybridized carbons (Fsp3) is 0.250. The highest BCUT2D eigenvalue weighted by molar-refractivity contribution is 5.94. The highest BCUT2D eigenvalue weighted by atomic mass is 16.1. The smallest absolute Gasteiger partial charge is 0.246 e. The molecule has 5 heteroatoms. The first-order valence-electron chi connectivity index (χ1n) is 4.01. The fourth-order valence-electron chi connectivity index (χ4n) is 1.46. The zero-order chi connectivity index (χ0) is 9.26. The number of nitrogens with one attached hydrogen (secondary N) is 2. The number of hydrogen-bond donors (Lipinski definition) is 3. The van der Waals surface area contributed by atoms with E-state index in [1.807, 2.05) is 6.08 Å². The van der Waals surface area contributed by atoms with E-state index in [2.05, 4.69) is 15.8 Å². The maximum absolute atomic E-state index is 11.0. The Labute approximate surface area is 75.4 Å². The monoisotopic (exact) mass is 178 g/mol. The van der Waals surface area contributed by atoms with Gasteiger partial charge in [-0.25, -0.2) is 5.43 Å². The molecule has 1 atom stereocenters. The normalized spacial score (nSPS) is 25.4. The Morgan fingerprint density at radius 2 is 2.54 bits per heavy atom. The number of hydrazine groups is 1. The van der Waals surface area contributed by atoms with Crippen LogP contribution in [-0.4, -0.2) is 18.7 Å². The largest absolute Gasteiger partial charge is 0.366 e. The lowest BCUT2D eigenvalue weighted by Gasteiger charge is -2.08. The van der Waals surface area contributed by atoms with Crippen molar-refractivity contribution >= 4 is 12.1 Å². The summed E-state index contributed by atoms with van der Waals surface area (Å²) in [5, 5.41) is 0. The summed E-state index contributed by atoms with van der Waals surface area (Å²) in [6.07, 6.45) is 4.99. The van der Waals surface area contributed by atoms with Crippen LogP contribution in [0.4, 0.5) is 0 Å². The molecule has 4 N–H and O–H groups in total. The average Bonchev–Trinajstić information content (AvgIpc) is 2.44. The van der Waals surface area contributed by atoms with E-state index < -0.39 is 5.91 Å². The maximum atomic E-state index is 11.0. The lowest BCUT2D eigenvalue weighted by atomic mass is 9.97. The third kappa shape index (κ3) is 1.33. The number of hydrogen-bond acceptors (Lipinski definition) is 4. The van der Waals surface area contributed by atoms with Crippen molar-refractivity contribution in [1.82, 2.24) is 10.9 Å². The van der Waals surface area contributed by atoms with E-state index in [-0.39, 0.29) is 5.92 Å². The number of fused-ring (bicyclic) bond motifs is 1. The Morgan fingerprint density at radius 1 is 1.69 bits per heavy atom. The predicted molar refractivity (Wildman–Crippen MR) is 48.5 cm³/mol. The summed E-state index contributed by atoms with van der Waals surface area (Å²) >= 11 is 0. The van der Waals surface area contributed by atoms with E-state index in [1.165, 1.54) is 6.20 Å². The molecule has 0 aromatic heterocycles. The second kappa shape index (κ2) is 3.02. The van der Waals surface area contributed by atoms with Crippen LogP contribution in [0.5, 0.6) is 0 Å². The summed E-state index contributed by atoms with van der Waals surface area (Å²) in [7, 11) is 0. The summed E-state index contributed by atoms with van der Waals surface area (Å²) in [6.45, 7) is 0.671. The number of aliphatic imine (C=N–C) groups is 1. The van der Waals surface area contributed by atoms with Crippen molar-refractivity contribution in [3.8, 4) is 0 Å². The molecule has 0 bridgehead atoms. The molecule has 1 fully saturated rings. The Bertz CT molecular complexity index is 329. The molecular weight excluding hydrogens is 168 g/mol. The molecule has 0 aromatic carbocycles. The number of carbonyl (C=O) groups is 1. The Morgan fingerprint density at radius 3 is 3.31 bits per heavy atom. The summed E-state index contributed by atoms with van der Waals surface area (Å²) in [6, 6.07) is 0. The second-order valence-corrected chi connectivity index (χ2v) is 2.93. The average molecular weight is 178 g/mol. The topological polar surface area (TPSA) is 79.5 Å². The summed E-state index contributed by atoms with van der Waals surface area (Å²) in [5.74, 6) is -0.402. The van der Waals surface area contributed by atoms with Gasteiger partial charge in [0.2, 0.25) is 5.91 Å². The molecule has 1 amide bonds. The molecule has 0 spiro atoms. The molecule has 0 aromatic rings. The molecule has 0 saturated carbocycles. The second-order valence-electron chi connectivity index (χ2n) is 2.93. The zero-order valence-electron chi connectivity index (χ0n) is 6.95. The van der Waals surface area contributed by atoms with Gasteiger partial charge in [-0.3, -0.25) is 9.79 Å². The first-order chi connectivity index (χ1) is 6.29. The minimum Gasteiger partial charge on any atom is -0.366 e. The SMILES string of the molecule is NC(=O)C1=CN=CC=C2NNCC21. The van der Waals surface area contributed by atoms with Crippen LogP contribution >= 0.6 is 0 Å². The first-order valence-corrected chi connectivity index (χ1v) is 4.01. The van der Waals surface area contributed by atoms with Crippen molar-refractivity contribution in [2.45, 2.75) is 0 Å². The lowest BCUT2D eigenvalue weighted by Crippen LogP contribution is -2.22. The van der Waals surface area contributed by atoms with Gasteiger partial charge in [-0.2, -0.15) is 0 Å². The molecule has 2 aliphatic heterocycles.